The van der Waals surface area contributed by atoms with Gasteiger partial charge in [0.15, 0.2) is 6.29 Å². The van der Waals surface area contributed by atoms with Crippen molar-refractivity contribution in [2.24, 2.45) is 5.92 Å². The summed E-state index contributed by atoms with van der Waals surface area (Å²) in [5.74, 6) is -0.488. The molecule has 1 fully saturated rings. The fourth-order valence-electron chi connectivity index (χ4n) is 8.00. The molecule has 11 heteroatoms. The predicted molar refractivity (Wildman–Crippen MR) is 246 cm³/mol. The molecule has 0 radical (unpaired) electrons. The molecule has 63 heavy (non-hydrogen) atoms. The molecule has 1 saturated heterocycles. The molecule has 7 atom stereocenters. The Balaban J connectivity index is 1.08. The molecule has 1 amide bonds. The van der Waals surface area contributed by atoms with Crippen molar-refractivity contribution in [2.75, 3.05) is 13.6 Å². The van der Waals surface area contributed by atoms with Crippen molar-refractivity contribution >= 4 is 15.9 Å². The summed E-state index contributed by atoms with van der Waals surface area (Å²) in [6.07, 6.45) is -1.78. The molecule has 6 aromatic rings. The summed E-state index contributed by atoms with van der Waals surface area (Å²) in [5.41, 5.74) is 7.94. The number of benzene rings is 6. The third kappa shape index (κ3) is 11.6. The summed E-state index contributed by atoms with van der Waals surface area (Å²) < 4.78 is 43.1. The van der Waals surface area contributed by atoms with Crippen LogP contribution >= 0.6 is 0 Å². The zero-order valence-corrected chi connectivity index (χ0v) is 37.0. The van der Waals surface area contributed by atoms with Crippen LogP contribution in [0.5, 0.6) is 0 Å². The minimum atomic E-state index is -3.99. The number of hydrogen-bond donors (Lipinski definition) is 4. The van der Waals surface area contributed by atoms with Gasteiger partial charge in [-0.05, 0) is 90.5 Å². The van der Waals surface area contributed by atoms with E-state index < -0.39 is 34.4 Å². The van der Waals surface area contributed by atoms with Gasteiger partial charge in [0, 0.05) is 30.6 Å². The molecule has 6 aromatic carbocycles. The SMILES string of the molecule is Cc1ccc(S(=O)(=O)N[C@H](Cc2ccccc2)C(=O)NCc2cccc(-c3cccc([C@H]4O[C@@H](CN(C)[C@@H](C)[C@H](O)c5ccccc5)[C@@H](C)[C@@H](c5ccc(CO)cc5)O4)c3)c2)cc1. The monoisotopic (exact) mass is 867 g/mol. The lowest BCUT2D eigenvalue weighted by Gasteiger charge is -2.43. The molecule has 1 heterocycles. The Labute approximate surface area is 371 Å². The maximum absolute atomic E-state index is 13.8. The van der Waals surface area contributed by atoms with Crippen LogP contribution in [-0.2, 0) is 43.9 Å². The van der Waals surface area contributed by atoms with Gasteiger partial charge in [-0.1, -0.05) is 146 Å². The first-order valence-corrected chi connectivity index (χ1v) is 22.9. The number of aliphatic hydroxyl groups is 2. The molecule has 0 bridgehead atoms. The minimum Gasteiger partial charge on any atom is -0.392 e. The van der Waals surface area contributed by atoms with Gasteiger partial charge >= 0.3 is 0 Å². The van der Waals surface area contributed by atoms with Crippen LogP contribution in [-0.4, -0.2) is 61.2 Å². The van der Waals surface area contributed by atoms with E-state index in [0.717, 1.165) is 50.1 Å². The number of amides is 1. The van der Waals surface area contributed by atoms with E-state index in [4.69, 9.17) is 9.47 Å². The number of carbonyl (C=O) groups excluding carboxylic acids is 1. The van der Waals surface area contributed by atoms with Crippen molar-refractivity contribution < 1.29 is 32.9 Å². The highest BCUT2D eigenvalue weighted by atomic mass is 32.2. The standard InChI is InChI=1S/C52H57N3O7S/c1-35-21-27-46(28-22-35)63(59,60)54-47(30-38-13-7-5-8-14-38)51(58)53-32-40-15-11-18-43(29-40)44-19-12-20-45(31-44)52-61-48(33-55(4)37(3)49(57)41-16-9-6-10-17-41)36(2)50(62-52)42-25-23-39(34-56)24-26-42/h5-29,31,36-37,47-50,52,54,56-57H,30,32-34H2,1-4H3,(H,53,58)/t36-,37+,47-,48+,49+,50+,52+/m1/s1. The van der Waals surface area contributed by atoms with E-state index in [9.17, 15) is 23.4 Å². The highest BCUT2D eigenvalue weighted by Gasteiger charge is 2.40. The fraction of sp³-hybridized carbons (Fsp3) is 0.288. The van der Waals surface area contributed by atoms with Gasteiger partial charge < -0.3 is 25.0 Å². The summed E-state index contributed by atoms with van der Waals surface area (Å²) in [5, 5.41) is 24.0. The third-order valence-electron chi connectivity index (χ3n) is 12.0. The van der Waals surface area contributed by atoms with E-state index in [1.165, 1.54) is 12.1 Å². The quantitative estimate of drug-likeness (QED) is 0.0721. The summed E-state index contributed by atoms with van der Waals surface area (Å²) in [7, 11) is -1.98. The van der Waals surface area contributed by atoms with Crippen molar-refractivity contribution in [2.45, 2.75) is 81.9 Å². The predicted octanol–water partition coefficient (Wildman–Crippen LogP) is 8.21. The summed E-state index contributed by atoms with van der Waals surface area (Å²) in [4.78, 5) is 16.0. The van der Waals surface area contributed by atoms with Crippen LogP contribution in [0.4, 0.5) is 0 Å². The smallest absolute Gasteiger partial charge is 0.241 e. The molecule has 0 aliphatic carbocycles. The van der Waals surface area contributed by atoms with Crippen LogP contribution in [0, 0.1) is 12.8 Å². The Morgan fingerprint density at radius 2 is 1.38 bits per heavy atom. The van der Waals surface area contributed by atoms with E-state index in [0.29, 0.717) is 6.54 Å². The lowest BCUT2D eigenvalue weighted by Crippen LogP contribution is -2.47. The number of aliphatic hydroxyl groups excluding tert-OH is 2. The van der Waals surface area contributed by atoms with E-state index in [2.05, 4.69) is 27.9 Å². The molecule has 10 nitrogen and oxygen atoms in total. The summed E-state index contributed by atoms with van der Waals surface area (Å²) >= 11 is 0. The van der Waals surface area contributed by atoms with E-state index in [1.54, 1.807) is 12.1 Å². The third-order valence-corrected chi connectivity index (χ3v) is 13.5. The molecule has 328 valence electrons. The fourth-order valence-corrected chi connectivity index (χ4v) is 9.19. The normalized spacial score (nSPS) is 19.3. The lowest BCUT2D eigenvalue weighted by atomic mass is 9.89. The maximum atomic E-state index is 13.8. The highest BCUT2D eigenvalue weighted by Crippen LogP contribution is 2.42. The number of rotatable bonds is 17. The lowest BCUT2D eigenvalue weighted by molar-refractivity contribution is -0.276. The average molecular weight is 868 g/mol. The van der Waals surface area contributed by atoms with Crippen LogP contribution in [0.3, 0.4) is 0 Å². The van der Waals surface area contributed by atoms with E-state index in [-0.39, 0.29) is 48.6 Å². The number of aryl methyl sites for hydroxylation is 1. The second-order valence-corrected chi connectivity index (χ2v) is 18.3. The molecule has 0 aromatic heterocycles. The van der Waals surface area contributed by atoms with Gasteiger partial charge in [0.25, 0.3) is 0 Å². The van der Waals surface area contributed by atoms with Crippen LogP contribution in [0.2, 0.25) is 0 Å². The van der Waals surface area contributed by atoms with Crippen LogP contribution < -0.4 is 10.0 Å². The molecule has 0 unspecified atom stereocenters. The molecular weight excluding hydrogens is 811 g/mol. The van der Waals surface area contributed by atoms with Gasteiger partial charge in [0.2, 0.25) is 15.9 Å². The van der Waals surface area contributed by atoms with Gasteiger partial charge in [0.1, 0.15) is 6.04 Å². The largest absolute Gasteiger partial charge is 0.392 e. The molecule has 0 saturated carbocycles. The molecule has 1 aliphatic heterocycles. The van der Waals surface area contributed by atoms with Crippen LogP contribution in [0.15, 0.2) is 163 Å². The van der Waals surface area contributed by atoms with Crippen molar-refractivity contribution in [1.82, 2.24) is 14.9 Å². The zero-order chi connectivity index (χ0) is 44.5. The zero-order valence-electron chi connectivity index (χ0n) is 36.2. The van der Waals surface area contributed by atoms with Crippen molar-refractivity contribution in [1.29, 1.82) is 0 Å². The number of sulfonamides is 1. The Morgan fingerprint density at radius 3 is 2.06 bits per heavy atom. The second-order valence-electron chi connectivity index (χ2n) is 16.6. The number of nitrogens with one attached hydrogen (secondary N) is 2. The number of ether oxygens (including phenoxy) is 2. The molecule has 7 rings (SSSR count). The Hall–Kier alpha value is -5.50. The summed E-state index contributed by atoms with van der Waals surface area (Å²) in [6, 6.07) is 48.1. The highest BCUT2D eigenvalue weighted by molar-refractivity contribution is 7.89. The first-order valence-electron chi connectivity index (χ1n) is 21.4. The maximum Gasteiger partial charge on any atom is 0.241 e. The van der Waals surface area contributed by atoms with Crippen molar-refractivity contribution in [3.05, 3.63) is 197 Å². The molecule has 1 aliphatic rings. The second kappa shape index (κ2) is 20.8. The van der Waals surface area contributed by atoms with E-state index >= 15 is 0 Å². The number of likely N-dealkylation sites (N-methyl/N-ethyl adjacent to an activating group) is 1. The van der Waals surface area contributed by atoms with Gasteiger partial charge in [-0.3, -0.25) is 9.69 Å². The Bertz CT molecular complexity index is 2520. The Morgan fingerprint density at radius 1 is 0.746 bits per heavy atom. The van der Waals surface area contributed by atoms with Gasteiger partial charge in [-0.2, -0.15) is 4.72 Å². The van der Waals surface area contributed by atoms with Crippen molar-refractivity contribution in [3.8, 4) is 11.1 Å². The summed E-state index contributed by atoms with van der Waals surface area (Å²) in [6.45, 7) is 6.71. The van der Waals surface area contributed by atoms with Gasteiger partial charge in [-0.25, -0.2) is 8.42 Å². The minimum absolute atomic E-state index is 0.0483. The van der Waals surface area contributed by atoms with Crippen LogP contribution in [0.25, 0.3) is 11.1 Å². The number of nitrogens with zero attached hydrogens (tertiary/aromatic N) is 1. The first-order chi connectivity index (χ1) is 30.4. The average Bonchev–Trinajstić information content (AvgIpc) is 3.31. The Kier molecular flexibility index (Phi) is 15.0. The van der Waals surface area contributed by atoms with Crippen molar-refractivity contribution in [3.63, 3.8) is 0 Å². The molecular formula is C52H57N3O7S. The van der Waals surface area contributed by atoms with E-state index in [1.807, 2.05) is 148 Å². The molecule has 0 spiro atoms. The number of hydrogen-bond acceptors (Lipinski definition) is 8. The topological polar surface area (TPSA) is 137 Å². The number of carbonyl (C=O) groups is 1. The van der Waals surface area contributed by atoms with Crippen LogP contribution in [0.1, 0.15) is 71.3 Å². The first kappa shape index (κ1) is 45.5. The molecule has 4 N–H and O–H groups in total. The van der Waals surface area contributed by atoms with Gasteiger partial charge in [0.05, 0.1) is 29.8 Å². The van der Waals surface area contributed by atoms with Gasteiger partial charge in [-0.15, -0.1) is 0 Å².